The van der Waals surface area contributed by atoms with E-state index in [4.69, 9.17) is 0 Å². The molecule has 0 fully saturated rings. The van der Waals surface area contributed by atoms with Gasteiger partial charge in [0.2, 0.25) is 6.71 Å². The van der Waals surface area contributed by atoms with Crippen molar-refractivity contribution in [2.24, 2.45) is 0 Å². The number of fused-ring (bicyclic) bond motifs is 12. The lowest BCUT2D eigenvalue weighted by Crippen LogP contribution is -2.69. The Labute approximate surface area is 449 Å². The molecule has 0 saturated heterocycles. The second-order valence-electron chi connectivity index (χ2n) is 22.5. The third-order valence-electron chi connectivity index (χ3n) is 17.4. The van der Waals surface area contributed by atoms with Crippen molar-refractivity contribution in [3.8, 4) is 0 Å². The first-order valence-electron chi connectivity index (χ1n) is 27.5. The molecule has 0 saturated carbocycles. The summed E-state index contributed by atoms with van der Waals surface area (Å²) in [6, 6.07) is 83.3. The molecule has 15 rings (SSSR count). The van der Waals surface area contributed by atoms with Gasteiger partial charge in [0.15, 0.2) is 0 Å². The van der Waals surface area contributed by atoms with Crippen LogP contribution in [-0.4, -0.2) is 20.1 Å². The molecule has 0 bridgehead atoms. The van der Waals surface area contributed by atoms with Gasteiger partial charge in [-0.1, -0.05) is 187 Å². The Morgan fingerprint density at radius 2 is 0.579 bits per heavy atom. The lowest BCUT2D eigenvalue weighted by atomic mass is 9.28. The highest BCUT2D eigenvalue weighted by atomic mass is 15.2. The maximum atomic E-state index is 2.64. The maximum absolute atomic E-state index is 2.64. The molecule has 10 aromatic carbocycles. The minimum Gasteiger partial charge on any atom is -0.312 e. The largest absolute Gasteiger partial charge is 0.312 e. The summed E-state index contributed by atoms with van der Waals surface area (Å²) in [5.74, 6) is 1.04. The Hall–Kier alpha value is -8.41. The summed E-state index contributed by atoms with van der Waals surface area (Å²) in [5, 5.41) is 0. The van der Waals surface area contributed by atoms with Crippen LogP contribution in [0.1, 0.15) is 76.0 Å². The number of hydrogen-bond acceptors (Lipinski definition) is 4. The average molecular weight is 975 g/mol. The van der Waals surface area contributed by atoms with Gasteiger partial charge in [-0.2, -0.15) is 0 Å². The van der Waals surface area contributed by atoms with Gasteiger partial charge in [-0.15, -0.1) is 0 Å². The molecule has 5 aliphatic heterocycles. The summed E-state index contributed by atoms with van der Waals surface area (Å²) < 4.78 is 0. The van der Waals surface area contributed by atoms with Gasteiger partial charge in [0.05, 0.1) is 0 Å². The van der Waals surface area contributed by atoms with Crippen LogP contribution in [0.2, 0.25) is 0 Å². The number of hydrogen-bond donors (Lipinski definition) is 0. The van der Waals surface area contributed by atoms with Crippen molar-refractivity contribution < 1.29 is 0 Å². The van der Waals surface area contributed by atoms with Crippen molar-refractivity contribution in [2.45, 2.75) is 59.3 Å². The van der Waals surface area contributed by atoms with E-state index in [2.05, 4.69) is 280 Å². The van der Waals surface area contributed by atoms with Crippen molar-refractivity contribution >= 4 is 138 Å². The molecule has 7 heteroatoms. The molecule has 4 nitrogen and oxygen atoms in total. The first kappa shape index (κ1) is 45.0. The second kappa shape index (κ2) is 17.1. The van der Waals surface area contributed by atoms with E-state index in [1.165, 1.54) is 117 Å². The molecule has 5 heterocycles. The first-order chi connectivity index (χ1) is 37.3. The molecule has 0 radical (unpaired) electrons. The SMILES string of the molecule is CC(C)c1cc(C(C)C)c(B2c3ccccc3N(c3ccccc3)c3cc4c(cc32)N(c2ccccc2)c2cc3c5c6c2B4c2ccccc2N6c2ccccc2B5c2ccccc2N3c2ccccc2)c(C(C)C)c1. The van der Waals surface area contributed by atoms with Crippen LogP contribution in [0.3, 0.4) is 0 Å². The quantitative estimate of drug-likeness (QED) is 0.148. The van der Waals surface area contributed by atoms with Crippen LogP contribution in [0.15, 0.2) is 218 Å². The highest BCUT2D eigenvalue weighted by molar-refractivity contribution is 7.05. The third-order valence-corrected chi connectivity index (χ3v) is 17.4. The van der Waals surface area contributed by atoms with Crippen molar-refractivity contribution in [3.63, 3.8) is 0 Å². The molecular formula is C69H57B3N4. The van der Waals surface area contributed by atoms with Crippen molar-refractivity contribution in [1.82, 2.24) is 0 Å². The number of anilines is 12. The molecule has 362 valence electrons. The molecule has 10 aromatic rings. The van der Waals surface area contributed by atoms with Gasteiger partial charge >= 0.3 is 0 Å². The fourth-order valence-corrected chi connectivity index (χ4v) is 14.2. The maximum Gasteiger partial charge on any atom is 0.252 e. The minimum atomic E-state index is -0.0766. The van der Waals surface area contributed by atoms with Crippen LogP contribution in [0, 0.1) is 0 Å². The molecule has 0 aromatic heterocycles. The Kier molecular flexibility index (Phi) is 10.1. The lowest BCUT2D eigenvalue weighted by Gasteiger charge is -2.51. The zero-order chi connectivity index (χ0) is 51.1. The van der Waals surface area contributed by atoms with Gasteiger partial charge in [-0.25, -0.2) is 0 Å². The predicted molar refractivity (Wildman–Crippen MR) is 328 cm³/mol. The van der Waals surface area contributed by atoms with E-state index in [0.717, 1.165) is 17.1 Å². The first-order valence-corrected chi connectivity index (χ1v) is 27.5. The number of nitrogens with zero attached hydrogens (tertiary/aromatic N) is 4. The fraction of sp³-hybridized carbons (Fsp3) is 0.130. The Balaban J connectivity index is 1.10. The Morgan fingerprint density at radius 3 is 0.961 bits per heavy atom. The van der Waals surface area contributed by atoms with E-state index in [1.807, 2.05) is 0 Å². The van der Waals surface area contributed by atoms with Crippen molar-refractivity contribution in [1.29, 1.82) is 0 Å². The van der Waals surface area contributed by atoms with Gasteiger partial charge in [0.1, 0.15) is 0 Å². The Morgan fingerprint density at radius 1 is 0.263 bits per heavy atom. The standard InChI is InChI=1S/C69H57B3N4/c1-43(2)46-38-50(44(3)4)66(51(39-46)45(5)6)71-53-31-17-20-34-58(53)73(47-24-10-7-11-25-47)62-41-57-63(40-56(62)71)75(49-28-14-9-15-29-49)65-42-64-67-69-68(65)72(57)55-33-19-23-37-61(55)76(69)60-36-22-18-32-54(60)70(67)52-30-16-21-35-59(52)74(64)48-26-12-8-13-27-48/h7-45H,1-6H3. The highest BCUT2D eigenvalue weighted by Gasteiger charge is 2.52. The van der Waals surface area contributed by atoms with Crippen LogP contribution in [0.5, 0.6) is 0 Å². The van der Waals surface area contributed by atoms with E-state index in [-0.39, 0.29) is 20.1 Å². The summed E-state index contributed by atoms with van der Waals surface area (Å²) in [6.45, 7) is 14.2. The third kappa shape index (κ3) is 6.35. The summed E-state index contributed by atoms with van der Waals surface area (Å²) >= 11 is 0. The molecular weight excluding hydrogens is 917 g/mol. The molecule has 0 atom stereocenters. The van der Waals surface area contributed by atoms with Gasteiger partial charge in [0.25, 0.3) is 13.4 Å². The van der Waals surface area contributed by atoms with Gasteiger partial charge in [0, 0.05) is 68.2 Å². The predicted octanol–water partition coefficient (Wildman–Crippen LogP) is 12.1. The van der Waals surface area contributed by atoms with E-state index < -0.39 is 0 Å². The van der Waals surface area contributed by atoms with Crippen LogP contribution in [0.25, 0.3) is 0 Å². The van der Waals surface area contributed by atoms with Gasteiger partial charge in [-0.05, 0) is 157 Å². The molecule has 0 aliphatic carbocycles. The van der Waals surface area contributed by atoms with Crippen molar-refractivity contribution in [3.05, 3.63) is 235 Å². The molecule has 0 unspecified atom stereocenters. The second-order valence-corrected chi connectivity index (χ2v) is 22.5. The smallest absolute Gasteiger partial charge is 0.252 e. The zero-order valence-electron chi connectivity index (χ0n) is 44.0. The molecule has 76 heavy (non-hydrogen) atoms. The summed E-state index contributed by atoms with van der Waals surface area (Å²) in [5.41, 5.74) is 31.0. The van der Waals surface area contributed by atoms with Crippen molar-refractivity contribution in [2.75, 3.05) is 19.6 Å². The molecule has 0 amide bonds. The topological polar surface area (TPSA) is 13.0 Å². The highest BCUT2D eigenvalue weighted by Crippen LogP contribution is 2.50. The van der Waals surface area contributed by atoms with Crippen LogP contribution < -0.4 is 68.8 Å². The molecule has 5 aliphatic rings. The van der Waals surface area contributed by atoms with Crippen LogP contribution >= 0.6 is 0 Å². The lowest BCUT2D eigenvalue weighted by molar-refractivity contribution is 0.812. The van der Waals surface area contributed by atoms with E-state index in [1.54, 1.807) is 0 Å². The fourth-order valence-electron chi connectivity index (χ4n) is 14.2. The van der Waals surface area contributed by atoms with Gasteiger partial charge in [-0.3, -0.25) is 0 Å². The monoisotopic (exact) mass is 974 g/mol. The van der Waals surface area contributed by atoms with E-state index >= 15 is 0 Å². The molecule has 0 N–H and O–H groups in total. The summed E-state index contributed by atoms with van der Waals surface area (Å²) in [6.07, 6.45) is 0. The van der Waals surface area contributed by atoms with Crippen LogP contribution in [0.4, 0.5) is 68.2 Å². The van der Waals surface area contributed by atoms with E-state index in [9.17, 15) is 0 Å². The van der Waals surface area contributed by atoms with E-state index in [0.29, 0.717) is 17.8 Å². The summed E-state index contributed by atoms with van der Waals surface area (Å²) in [4.78, 5) is 10.4. The minimum absolute atomic E-state index is 0.0261. The summed E-state index contributed by atoms with van der Waals surface area (Å²) in [7, 11) is 0. The van der Waals surface area contributed by atoms with Gasteiger partial charge < -0.3 is 19.6 Å². The number of rotatable bonds is 7. The molecule has 0 spiro atoms. The zero-order valence-corrected chi connectivity index (χ0v) is 44.0. The average Bonchev–Trinajstić information content (AvgIpc) is 3.55. The number of benzene rings is 10. The Bertz CT molecular complexity index is 3950. The number of para-hydroxylation sites is 7. The van der Waals surface area contributed by atoms with Crippen LogP contribution in [-0.2, 0) is 0 Å². The normalized spacial score (nSPS) is 14.1.